The fourth-order valence-electron chi connectivity index (χ4n) is 2.85. The molecular formula is C13H29NO2Si2. The van der Waals surface area contributed by atoms with E-state index in [0.717, 1.165) is 13.2 Å². The fourth-order valence-corrected chi connectivity index (χ4v) is 16.9. The molecule has 0 bridgehead atoms. The van der Waals surface area contributed by atoms with E-state index in [0.29, 0.717) is 19.8 Å². The van der Waals surface area contributed by atoms with Gasteiger partial charge < -0.3 is 13.7 Å². The minimum atomic E-state index is -1.12. The van der Waals surface area contributed by atoms with Gasteiger partial charge in [0.05, 0.1) is 26.4 Å². The van der Waals surface area contributed by atoms with Crippen LogP contribution in [0.3, 0.4) is 0 Å². The van der Waals surface area contributed by atoms with Crippen molar-refractivity contribution in [2.24, 2.45) is 0 Å². The van der Waals surface area contributed by atoms with E-state index >= 15 is 0 Å². The van der Waals surface area contributed by atoms with Gasteiger partial charge in [0.15, 0.2) is 0 Å². The summed E-state index contributed by atoms with van der Waals surface area (Å²) in [4.78, 5) is 0. The molecule has 0 atom stereocenters. The first-order valence-electron chi connectivity index (χ1n) is 6.94. The number of nitrogens with zero attached hydrogens (tertiary/aromatic N) is 1. The van der Waals surface area contributed by atoms with E-state index in [2.05, 4.69) is 37.0 Å². The van der Waals surface area contributed by atoms with Crippen LogP contribution in [0.2, 0.25) is 38.3 Å². The highest BCUT2D eigenvalue weighted by Crippen LogP contribution is 2.36. The molecular weight excluding hydrogens is 258 g/mol. The molecule has 106 valence electrons. The Balaban J connectivity index is 2.19. The van der Waals surface area contributed by atoms with E-state index in [4.69, 9.17) is 9.47 Å². The molecule has 5 heteroatoms. The molecule has 1 heterocycles. The van der Waals surface area contributed by atoms with Gasteiger partial charge in [-0.2, -0.15) is 0 Å². The molecule has 0 unspecified atom stereocenters. The van der Waals surface area contributed by atoms with Gasteiger partial charge in [0, 0.05) is 6.54 Å². The van der Waals surface area contributed by atoms with Crippen molar-refractivity contribution < 1.29 is 9.47 Å². The Morgan fingerprint density at radius 2 is 1.56 bits per heavy atom. The van der Waals surface area contributed by atoms with Crippen LogP contribution in [-0.4, -0.2) is 53.7 Å². The van der Waals surface area contributed by atoms with Crippen molar-refractivity contribution in [3.63, 3.8) is 0 Å². The predicted molar refractivity (Wildman–Crippen MR) is 83.1 cm³/mol. The van der Waals surface area contributed by atoms with Gasteiger partial charge in [-0.1, -0.05) is 32.3 Å². The maximum absolute atomic E-state index is 5.67. The Morgan fingerprint density at radius 1 is 1.00 bits per heavy atom. The third-order valence-corrected chi connectivity index (χ3v) is 14.3. The third-order valence-electron chi connectivity index (χ3n) is 3.88. The highest BCUT2D eigenvalue weighted by atomic mass is 28.4. The SMILES string of the molecule is C=CCOCCOCCN1[Si](C)(C)CC[Si]1(C)C. The Hall–Kier alpha value is 0.0538. The van der Waals surface area contributed by atoms with E-state index < -0.39 is 16.5 Å². The number of ether oxygens (including phenoxy) is 2. The highest BCUT2D eigenvalue weighted by molar-refractivity contribution is 6.95. The largest absolute Gasteiger partial charge is 0.378 e. The average molecular weight is 288 g/mol. The zero-order chi connectivity index (χ0) is 13.6. The molecule has 1 aliphatic heterocycles. The summed E-state index contributed by atoms with van der Waals surface area (Å²) >= 11 is 0. The number of hydrogen-bond acceptors (Lipinski definition) is 3. The van der Waals surface area contributed by atoms with Crippen LogP contribution in [0.1, 0.15) is 0 Å². The second kappa shape index (κ2) is 7.00. The van der Waals surface area contributed by atoms with Crippen LogP contribution in [0.25, 0.3) is 0 Å². The van der Waals surface area contributed by atoms with Crippen molar-refractivity contribution in [1.29, 1.82) is 0 Å². The number of rotatable bonds is 8. The fraction of sp³-hybridized carbons (Fsp3) is 0.846. The molecule has 0 aromatic carbocycles. The summed E-state index contributed by atoms with van der Waals surface area (Å²) in [6, 6.07) is 2.93. The van der Waals surface area contributed by atoms with Crippen molar-refractivity contribution in [3.05, 3.63) is 12.7 Å². The van der Waals surface area contributed by atoms with Gasteiger partial charge in [0.1, 0.15) is 16.5 Å². The maximum Gasteiger partial charge on any atom is 0.115 e. The van der Waals surface area contributed by atoms with Gasteiger partial charge in [-0.25, -0.2) is 0 Å². The highest BCUT2D eigenvalue weighted by Gasteiger charge is 2.46. The predicted octanol–water partition coefficient (Wildman–Crippen LogP) is 2.93. The third kappa shape index (κ3) is 4.62. The second-order valence-corrected chi connectivity index (χ2v) is 16.0. The Labute approximate surface area is 114 Å². The first kappa shape index (κ1) is 16.1. The van der Waals surface area contributed by atoms with Crippen LogP contribution in [-0.2, 0) is 9.47 Å². The summed E-state index contributed by atoms with van der Waals surface area (Å²) in [5.74, 6) is 0. The van der Waals surface area contributed by atoms with Crippen molar-refractivity contribution >= 4 is 16.5 Å². The van der Waals surface area contributed by atoms with Gasteiger partial charge in [-0.05, 0) is 12.1 Å². The molecule has 0 radical (unpaired) electrons. The van der Waals surface area contributed by atoms with Crippen LogP contribution in [0.5, 0.6) is 0 Å². The smallest absolute Gasteiger partial charge is 0.115 e. The molecule has 0 aliphatic carbocycles. The topological polar surface area (TPSA) is 21.7 Å². The molecule has 3 nitrogen and oxygen atoms in total. The lowest BCUT2D eigenvalue weighted by Gasteiger charge is -2.38. The van der Waals surface area contributed by atoms with Crippen LogP contribution >= 0.6 is 0 Å². The van der Waals surface area contributed by atoms with E-state index in [1.165, 1.54) is 12.1 Å². The van der Waals surface area contributed by atoms with Gasteiger partial charge in [-0.3, -0.25) is 0 Å². The van der Waals surface area contributed by atoms with Crippen molar-refractivity contribution in [1.82, 2.24) is 4.23 Å². The van der Waals surface area contributed by atoms with Gasteiger partial charge in [0.25, 0.3) is 0 Å². The van der Waals surface area contributed by atoms with E-state index in [1.807, 2.05) is 0 Å². The molecule has 0 saturated carbocycles. The Bertz CT molecular complexity index is 254. The summed E-state index contributed by atoms with van der Waals surface area (Å²) in [5.41, 5.74) is 0. The van der Waals surface area contributed by atoms with Crippen LogP contribution < -0.4 is 0 Å². The molecule has 0 spiro atoms. The monoisotopic (exact) mass is 287 g/mol. The standard InChI is InChI=1S/C13H29NO2Si2/c1-6-8-15-10-11-16-9-7-14-17(2,3)12-13-18(14,4)5/h6H,1,7-13H2,2-5H3. The molecule has 0 aromatic rings. The first-order chi connectivity index (χ1) is 8.40. The minimum Gasteiger partial charge on any atom is -0.378 e. The molecule has 1 saturated heterocycles. The van der Waals surface area contributed by atoms with Crippen molar-refractivity contribution in [2.75, 3.05) is 33.0 Å². The summed E-state index contributed by atoms with van der Waals surface area (Å²) in [7, 11) is -2.23. The van der Waals surface area contributed by atoms with E-state index in [-0.39, 0.29) is 0 Å². The normalized spacial score (nSPS) is 22.2. The molecule has 1 aliphatic rings. The first-order valence-corrected chi connectivity index (χ1v) is 13.3. The van der Waals surface area contributed by atoms with E-state index in [9.17, 15) is 0 Å². The number of hydrogen-bond donors (Lipinski definition) is 0. The maximum atomic E-state index is 5.67. The summed E-state index contributed by atoms with van der Waals surface area (Å²) < 4.78 is 13.8. The Kier molecular flexibility index (Phi) is 6.27. The van der Waals surface area contributed by atoms with Crippen LogP contribution in [0, 0.1) is 0 Å². The lowest BCUT2D eigenvalue weighted by Crippen LogP contribution is -2.55. The molecule has 0 amide bonds. The van der Waals surface area contributed by atoms with Crippen molar-refractivity contribution in [3.8, 4) is 0 Å². The minimum absolute atomic E-state index is 0.620. The lowest BCUT2D eigenvalue weighted by atomic mass is 10.6. The van der Waals surface area contributed by atoms with E-state index in [1.54, 1.807) is 6.08 Å². The molecule has 1 fully saturated rings. The van der Waals surface area contributed by atoms with Crippen LogP contribution in [0.15, 0.2) is 12.7 Å². The molecule has 0 N–H and O–H groups in total. The van der Waals surface area contributed by atoms with Gasteiger partial charge in [0.2, 0.25) is 0 Å². The summed E-state index contributed by atoms with van der Waals surface area (Å²) in [6.45, 7) is 17.6. The molecule has 18 heavy (non-hydrogen) atoms. The summed E-state index contributed by atoms with van der Waals surface area (Å²) in [5, 5.41) is 0. The zero-order valence-corrected chi connectivity index (χ0v) is 14.5. The zero-order valence-electron chi connectivity index (χ0n) is 12.5. The van der Waals surface area contributed by atoms with Crippen LogP contribution in [0.4, 0.5) is 0 Å². The molecule has 0 aromatic heterocycles. The van der Waals surface area contributed by atoms with Gasteiger partial charge in [-0.15, -0.1) is 6.58 Å². The van der Waals surface area contributed by atoms with Gasteiger partial charge >= 0.3 is 0 Å². The average Bonchev–Trinajstić information content (AvgIpc) is 2.49. The Morgan fingerprint density at radius 3 is 2.11 bits per heavy atom. The van der Waals surface area contributed by atoms with Crippen molar-refractivity contribution in [2.45, 2.75) is 38.3 Å². The molecule has 1 rings (SSSR count). The summed E-state index contributed by atoms with van der Waals surface area (Å²) in [6.07, 6.45) is 1.77. The lowest BCUT2D eigenvalue weighted by molar-refractivity contribution is 0.0573. The second-order valence-electron chi connectivity index (χ2n) is 6.25. The quantitative estimate of drug-likeness (QED) is 0.389.